The number of aliphatic hydroxyl groups is 1. The lowest BCUT2D eigenvalue weighted by atomic mass is 9.92. The molecule has 1 aliphatic heterocycles. The molecule has 11 nitrogen and oxygen atoms in total. The molecule has 1 fully saturated rings. The Balaban J connectivity index is 1.86. The molecule has 0 spiro atoms. The van der Waals surface area contributed by atoms with Crippen LogP contribution in [0.15, 0.2) is 66.5 Å². The third-order valence-corrected chi connectivity index (χ3v) is 7.90. The predicted octanol–water partition coefficient (Wildman–Crippen LogP) is 3.91. The van der Waals surface area contributed by atoms with Gasteiger partial charge in [0.1, 0.15) is 24.5 Å². The predicted molar refractivity (Wildman–Crippen MR) is 141 cm³/mol. The van der Waals surface area contributed by atoms with Gasteiger partial charge in [-0.1, -0.05) is 31.4 Å². The van der Waals surface area contributed by atoms with Crippen LogP contribution in [-0.4, -0.2) is 58.4 Å². The van der Waals surface area contributed by atoms with E-state index in [-0.39, 0.29) is 17.7 Å². The number of esters is 1. The normalized spacial score (nSPS) is 25.8. The maximum Gasteiger partial charge on any atom is 0.459 e. The van der Waals surface area contributed by atoms with Crippen molar-refractivity contribution < 1.29 is 33.0 Å². The quantitative estimate of drug-likeness (QED) is 0.175. The molecule has 38 heavy (non-hydrogen) atoms. The zero-order chi connectivity index (χ0) is 28.3. The van der Waals surface area contributed by atoms with Crippen LogP contribution < -0.4 is 14.9 Å². The van der Waals surface area contributed by atoms with Gasteiger partial charge >= 0.3 is 25.3 Å². The second-order valence-electron chi connectivity index (χ2n) is 9.47. The average molecular weight is 545 g/mol. The average Bonchev–Trinajstić information content (AvgIpc) is 3.10. The summed E-state index contributed by atoms with van der Waals surface area (Å²) in [6, 6.07) is 5.89. The van der Waals surface area contributed by atoms with Gasteiger partial charge in [-0.3, -0.25) is 19.1 Å². The number of rotatable bonds is 10. The second kappa shape index (κ2) is 11.5. The molecule has 1 aromatic rings. The number of carbonyl (C=O) groups excluding carboxylic acids is 2. The van der Waals surface area contributed by atoms with Gasteiger partial charge in [0, 0.05) is 23.9 Å². The number of hydrogen-bond acceptors (Lipinski definition) is 7. The molecule has 3 N–H and O–H groups in total. The van der Waals surface area contributed by atoms with Gasteiger partial charge in [-0.25, -0.2) is 15.9 Å². The first-order valence-electron chi connectivity index (χ1n) is 12.0. The minimum absolute atomic E-state index is 0.00262. The molecular weight excluding hydrogens is 511 g/mol. The third-order valence-electron chi connectivity index (χ3n) is 6.27. The van der Waals surface area contributed by atoms with Crippen LogP contribution in [-0.2, 0) is 18.6 Å². The molecule has 204 valence electrons. The van der Waals surface area contributed by atoms with Gasteiger partial charge in [-0.05, 0) is 45.4 Å². The lowest BCUT2D eigenvalue weighted by Gasteiger charge is -2.32. The van der Waals surface area contributed by atoms with Crippen molar-refractivity contribution in [3.05, 3.63) is 78.0 Å². The van der Waals surface area contributed by atoms with E-state index in [1.807, 2.05) is 0 Å². The first kappa shape index (κ1) is 29.1. The van der Waals surface area contributed by atoms with E-state index in [0.29, 0.717) is 11.3 Å². The summed E-state index contributed by atoms with van der Waals surface area (Å²) < 4.78 is 30.4. The van der Waals surface area contributed by atoms with Gasteiger partial charge in [-0.2, -0.15) is 5.09 Å². The Morgan fingerprint density at radius 2 is 2.00 bits per heavy atom. The maximum atomic E-state index is 13.9. The summed E-state index contributed by atoms with van der Waals surface area (Å²) in [6.45, 7) is 21.7. The molecule has 12 heteroatoms. The van der Waals surface area contributed by atoms with Crippen molar-refractivity contribution in [1.82, 2.24) is 15.3 Å². The van der Waals surface area contributed by atoms with Gasteiger partial charge in [-0.15, -0.1) is 0 Å². The van der Waals surface area contributed by atoms with Gasteiger partial charge in [0.25, 0.3) is 0 Å². The number of amides is 2. The SMILES string of the molecule is [C-]#[N+][C@]1(COP(=O)(NC(C)C(=O)OC(C)C)Oc2ccccc2)C(=C)[C@@H](N2C=C(C)C(=C)NC2=O)C[C@@H]1O. The molecule has 1 saturated carbocycles. The molecule has 2 amide bonds. The Kier molecular flexibility index (Phi) is 8.85. The Morgan fingerprint density at radius 1 is 1.34 bits per heavy atom. The highest BCUT2D eigenvalue weighted by molar-refractivity contribution is 7.52. The van der Waals surface area contributed by atoms with Crippen LogP contribution in [0.4, 0.5) is 4.79 Å². The molecule has 0 saturated heterocycles. The number of para-hydroxylation sites is 1. The van der Waals surface area contributed by atoms with E-state index < -0.39 is 56.2 Å². The fraction of sp³-hybridized carbons (Fsp3) is 0.423. The zero-order valence-electron chi connectivity index (χ0n) is 21.8. The molecule has 3 rings (SSSR count). The lowest BCUT2D eigenvalue weighted by molar-refractivity contribution is -0.149. The van der Waals surface area contributed by atoms with Gasteiger partial charge in [0.15, 0.2) is 0 Å². The number of nitrogens with zero attached hydrogens (tertiary/aromatic N) is 2. The zero-order valence-corrected chi connectivity index (χ0v) is 22.7. The van der Waals surface area contributed by atoms with Gasteiger partial charge in [0.2, 0.25) is 0 Å². The summed E-state index contributed by atoms with van der Waals surface area (Å²) >= 11 is 0. The highest BCUT2D eigenvalue weighted by Crippen LogP contribution is 2.49. The van der Waals surface area contributed by atoms with E-state index in [1.54, 1.807) is 57.3 Å². The first-order valence-corrected chi connectivity index (χ1v) is 13.6. The summed E-state index contributed by atoms with van der Waals surface area (Å²) in [6.07, 6.45) is -0.110. The smallest absolute Gasteiger partial charge is 0.459 e. The van der Waals surface area contributed by atoms with E-state index in [9.17, 15) is 19.3 Å². The number of hydrogen-bond donors (Lipinski definition) is 3. The number of aliphatic hydroxyl groups excluding tert-OH is 1. The molecule has 1 heterocycles. The minimum atomic E-state index is -4.30. The molecule has 0 radical (unpaired) electrons. The van der Waals surface area contributed by atoms with Crippen LogP contribution in [0, 0.1) is 6.57 Å². The van der Waals surface area contributed by atoms with E-state index >= 15 is 0 Å². The molecule has 5 atom stereocenters. The Hall–Kier alpha value is -3.42. The summed E-state index contributed by atoms with van der Waals surface area (Å²) in [4.78, 5) is 30.0. The second-order valence-corrected chi connectivity index (χ2v) is 11.2. The molecule has 1 aliphatic carbocycles. The highest BCUT2D eigenvalue weighted by Gasteiger charge is 2.60. The molecule has 0 bridgehead atoms. The van der Waals surface area contributed by atoms with Crippen molar-refractivity contribution in [2.45, 2.75) is 63.9 Å². The minimum Gasteiger partial charge on any atom is -0.462 e. The van der Waals surface area contributed by atoms with Crippen molar-refractivity contribution in [1.29, 1.82) is 0 Å². The standard InChI is InChI=1S/C26H33N4O7P/c1-16(2)36-24(32)20(6)29-38(34,37-21-11-9-8-10-12-21)35-15-26(27-7)18(4)22(13-23(26)31)30-14-17(3)19(5)28-25(30)33/h8-12,14,16,20,22-23,31H,4-5,13,15H2,1-3,6H3,(H,28,33)(H,29,34)/t20?,22-,23-,26+,38?/m0/s1. The number of nitrogens with one attached hydrogen (secondary N) is 2. The largest absolute Gasteiger partial charge is 0.462 e. The first-order chi connectivity index (χ1) is 17.8. The summed E-state index contributed by atoms with van der Waals surface area (Å²) in [5.41, 5.74) is -0.369. The fourth-order valence-electron chi connectivity index (χ4n) is 4.09. The fourth-order valence-corrected chi connectivity index (χ4v) is 5.61. The molecule has 2 aliphatic rings. The molecule has 0 aromatic heterocycles. The van der Waals surface area contributed by atoms with E-state index in [4.69, 9.17) is 20.4 Å². The summed E-state index contributed by atoms with van der Waals surface area (Å²) in [7, 11) is -4.30. The molecule has 2 unspecified atom stereocenters. The highest BCUT2D eigenvalue weighted by atomic mass is 31.2. The number of ether oxygens (including phenoxy) is 1. The number of carbonyl (C=O) groups is 2. The van der Waals surface area contributed by atoms with Gasteiger partial charge < -0.3 is 19.7 Å². The van der Waals surface area contributed by atoms with Crippen LogP contribution in [0.1, 0.15) is 34.1 Å². The van der Waals surface area contributed by atoms with E-state index in [1.165, 1.54) is 11.8 Å². The lowest BCUT2D eigenvalue weighted by Crippen LogP contribution is -2.47. The van der Waals surface area contributed by atoms with Crippen molar-refractivity contribution in [2.24, 2.45) is 0 Å². The van der Waals surface area contributed by atoms with Crippen LogP contribution >= 0.6 is 7.75 Å². The monoisotopic (exact) mass is 544 g/mol. The van der Waals surface area contributed by atoms with E-state index in [0.717, 1.165) is 0 Å². The van der Waals surface area contributed by atoms with Crippen molar-refractivity contribution in [2.75, 3.05) is 6.61 Å². The Bertz CT molecular complexity index is 1230. The Morgan fingerprint density at radius 3 is 2.61 bits per heavy atom. The summed E-state index contributed by atoms with van der Waals surface area (Å²) in [5, 5.41) is 16.2. The Labute approximate surface area is 222 Å². The summed E-state index contributed by atoms with van der Waals surface area (Å²) in [5.74, 6) is -0.482. The van der Waals surface area contributed by atoms with Crippen LogP contribution in [0.25, 0.3) is 4.85 Å². The van der Waals surface area contributed by atoms with E-state index in [2.05, 4.69) is 28.4 Å². The third kappa shape index (κ3) is 6.17. The molecular formula is C26H33N4O7P. The van der Waals surface area contributed by atoms with Crippen LogP contribution in [0.5, 0.6) is 5.75 Å². The van der Waals surface area contributed by atoms with Gasteiger partial charge in [0.05, 0.1) is 12.1 Å². The number of urea groups is 1. The topological polar surface area (TPSA) is 131 Å². The van der Waals surface area contributed by atoms with Crippen LogP contribution in [0.3, 0.4) is 0 Å². The van der Waals surface area contributed by atoms with Crippen molar-refractivity contribution >= 4 is 19.7 Å². The van der Waals surface area contributed by atoms with Crippen molar-refractivity contribution in [3.8, 4) is 5.75 Å². The molecule has 1 aromatic carbocycles. The van der Waals surface area contributed by atoms with Crippen LogP contribution in [0.2, 0.25) is 0 Å². The number of allylic oxidation sites excluding steroid dienone is 1. The number of benzene rings is 1. The van der Waals surface area contributed by atoms with Crippen molar-refractivity contribution in [3.63, 3.8) is 0 Å². The maximum absolute atomic E-state index is 13.9.